The van der Waals surface area contributed by atoms with E-state index in [0.29, 0.717) is 6.54 Å². The van der Waals surface area contributed by atoms with Crippen molar-refractivity contribution < 1.29 is 22.7 Å². The van der Waals surface area contributed by atoms with Gasteiger partial charge < -0.3 is 15.0 Å². The summed E-state index contributed by atoms with van der Waals surface area (Å²) in [6.45, 7) is -0.141. The standard InChI is InChI=1S/C23H25N3O5S2/c1-31-19-11-9-18(10-12-19)14-24-22(27)17-26(16-20-6-5-13-32-20)23(28)15-25-33(29,30)21-7-3-2-4-8-21/h2-13,25H,14-17H2,1H3,(H,24,27). The SMILES string of the molecule is COc1ccc(CNC(=O)CN(Cc2cccs2)C(=O)CNS(=O)(=O)c2ccccc2)cc1. The van der Waals surface area contributed by atoms with E-state index in [1.807, 2.05) is 29.6 Å². The van der Waals surface area contributed by atoms with Gasteiger partial charge in [0.2, 0.25) is 21.8 Å². The van der Waals surface area contributed by atoms with Crippen LogP contribution in [0.15, 0.2) is 77.0 Å². The van der Waals surface area contributed by atoms with Crippen LogP contribution in [0.25, 0.3) is 0 Å². The van der Waals surface area contributed by atoms with Gasteiger partial charge in [-0.15, -0.1) is 11.3 Å². The van der Waals surface area contributed by atoms with Gasteiger partial charge in [0.1, 0.15) is 5.75 Å². The normalized spacial score (nSPS) is 11.1. The van der Waals surface area contributed by atoms with Gasteiger partial charge in [-0.1, -0.05) is 36.4 Å². The summed E-state index contributed by atoms with van der Waals surface area (Å²) in [5, 5.41) is 4.67. The van der Waals surface area contributed by atoms with Crippen molar-refractivity contribution in [2.75, 3.05) is 20.2 Å². The summed E-state index contributed by atoms with van der Waals surface area (Å²) < 4.78 is 32.3. The fraction of sp³-hybridized carbons (Fsp3) is 0.217. The van der Waals surface area contributed by atoms with E-state index in [0.717, 1.165) is 16.2 Å². The zero-order valence-electron chi connectivity index (χ0n) is 18.1. The number of nitrogens with zero attached hydrogens (tertiary/aromatic N) is 1. The predicted octanol–water partition coefficient (Wildman–Crippen LogP) is 2.38. The third-order valence-electron chi connectivity index (χ3n) is 4.73. The highest BCUT2D eigenvalue weighted by Crippen LogP contribution is 2.13. The average Bonchev–Trinajstić information content (AvgIpc) is 3.35. The van der Waals surface area contributed by atoms with E-state index in [2.05, 4.69) is 10.0 Å². The van der Waals surface area contributed by atoms with Gasteiger partial charge >= 0.3 is 0 Å². The van der Waals surface area contributed by atoms with Gasteiger partial charge in [-0.3, -0.25) is 9.59 Å². The van der Waals surface area contributed by atoms with Crippen molar-refractivity contribution in [1.29, 1.82) is 0 Å². The topological polar surface area (TPSA) is 105 Å². The van der Waals surface area contributed by atoms with Gasteiger partial charge in [-0.2, -0.15) is 0 Å². The number of rotatable bonds is 11. The summed E-state index contributed by atoms with van der Waals surface area (Å²) in [6, 6.07) is 18.8. The molecule has 174 valence electrons. The second kappa shape index (κ2) is 11.6. The van der Waals surface area contributed by atoms with E-state index in [1.54, 1.807) is 37.4 Å². The maximum absolute atomic E-state index is 12.8. The van der Waals surface area contributed by atoms with Crippen molar-refractivity contribution in [3.8, 4) is 5.75 Å². The Balaban J connectivity index is 1.61. The predicted molar refractivity (Wildman–Crippen MR) is 126 cm³/mol. The zero-order valence-corrected chi connectivity index (χ0v) is 19.7. The molecule has 0 spiro atoms. The van der Waals surface area contributed by atoms with Crippen LogP contribution >= 0.6 is 11.3 Å². The van der Waals surface area contributed by atoms with Crippen LogP contribution in [0.4, 0.5) is 0 Å². The van der Waals surface area contributed by atoms with Crippen LogP contribution in [0.5, 0.6) is 5.75 Å². The molecular formula is C23H25N3O5S2. The third-order valence-corrected chi connectivity index (χ3v) is 7.01. The molecule has 3 aromatic rings. The Labute approximate surface area is 197 Å². The van der Waals surface area contributed by atoms with Gasteiger partial charge in [0.05, 0.1) is 31.6 Å². The number of methoxy groups -OCH3 is 1. The van der Waals surface area contributed by atoms with E-state index < -0.39 is 22.5 Å². The van der Waals surface area contributed by atoms with E-state index in [1.165, 1.54) is 28.4 Å². The second-order valence-electron chi connectivity index (χ2n) is 7.09. The van der Waals surface area contributed by atoms with Crippen LogP contribution in [0.1, 0.15) is 10.4 Å². The first-order valence-corrected chi connectivity index (χ1v) is 12.5. The van der Waals surface area contributed by atoms with Crippen molar-refractivity contribution in [2.45, 2.75) is 18.0 Å². The number of benzene rings is 2. The second-order valence-corrected chi connectivity index (χ2v) is 9.89. The van der Waals surface area contributed by atoms with Crippen LogP contribution in [0.2, 0.25) is 0 Å². The Morgan fingerprint density at radius 3 is 2.36 bits per heavy atom. The Kier molecular flexibility index (Phi) is 8.58. The smallest absolute Gasteiger partial charge is 0.241 e. The monoisotopic (exact) mass is 487 g/mol. The summed E-state index contributed by atoms with van der Waals surface area (Å²) in [7, 11) is -2.26. The van der Waals surface area contributed by atoms with Crippen LogP contribution in [-0.4, -0.2) is 45.3 Å². The van der Waals surface area contributed by atoms with Gasteiger partial charge in [0, 0.05) is 11.4 Å². The highest BCUT2D eigenvalue weighted by molar-refractivity contribution is 7.89. The van der Waals surface area contributed by atoms with Gasteiger partial charge in [-0.05, 0) is 41.3 Å². The molecule has 0 saturated heterocycles. The lowest BCUT2D eigenvalue weighted by atomic mass is 10.2. The summed E-state index contributed by atoms with van der Waals surface area (Å²) in [6.07, 6.45) is 0. The maximum Gasteiger partial charge on any atom is 0.241 e. The van der Waals surface area contributed by atoms with E-state index in [4.69, 9.17) is 4.74 Å². The summed E-state index contributed by atoms with van der Waals surface area (Å²) in [4.78, 5) is 27.7. The molecular weight excluding hydrogens is 462 g/mol. The number of thiophene rings is 1. The number of carbonyl (C=O) groups is 2. The minimum atomic E-state index is -3.84. The molecule has 0 bridgehead atoms. The lowest BCUT2D eigenvalue weighted by Crippen LogP contribution is -2.44. The minimum absolute atomic E-state index is 0.0693. The number of nitrogens with one attached hydrogen (secondary N) is 2. The molecule has 33 heavy (non-hydrogen) atoms. The molecule has 0 radical (unpaired) electrons. The molecule has 2 aromatic carbocycles. The molecule has 0 aliphatic carbocycles. The number of hydrogen-bond donors (Lipinski definition) is 2. The number of hydrogen-bond acceptors (Lipinski definition) is 6. The quantitative estimate of drug-likeness (QED) is 0.432. The fourth-order valence-electron chi connectivity index (χ4n) is 2.95. The molecule has 8 nitrogen and oxygen atoms in total. The van der Waals surface area contributed by atoms with Crippen molar-refractivity contribution in [3.05, 3.63) is 82.6 Å². The molecule has 1 aromatic heterocycles. The summed E-state index contributed by atoms with van der Waals surface area (Å²) in [5.74, 6) is -0.125. The van der Waals surface area contributed by atoms with Crippen LogP contribution < -0.4 is 14.8 Å². The number of carbonyl (C=O) groups excluding carboxylic acids is 2. The average molecular weight is 488 g/mol. The molecule has 2 amide bonds. The Morgan fingerprint density at radius 1 is 1.00 bits per heavy atom. The zero-order chi connectivity index (χ0) is 23.7. The Hall–Kier alpha value is -3.21. The van der Waals surface area contributed by atoms with Crippen LogP contribution in [0.3, 0.4) is 0 Å². The van der Waals surface area contributed by atoms with Crippen molar-refractivity contribution in [2.24, 2.45) is 0 Å². The summed E-state index contributed by atoms with van der Waals surface area (Å²) >= 11 is 1.45. The van der Waals surface area contributed by atoms with Gasteiger partial charge in [0.25, 0.3) is 0 Å². The fourth-order valence-corrected chi connectivity index (χ4v) is 4.66. The van der Waals surface area contributed by atoms with Crippen LogP contribution in [0, 0.1) is 0 Å². The van der Waals surface area contributed by atoms with Crippen molar-refractivity contribution in [3.63, 3.8) is 0 Å². The molecule has 3 rings (SSSR count). The highest BCUT2D eigenvalue weighted by Gasteiger charge is 2.21. The number of amides is 2. The first kappa shape index (κ1) is 24.4. The first-order chi connectivity index (χ1) is 15.9. The number of sulfonamides is 1. The Morgan fingerprint density at radius 2 is 1.73 bits per heavy atom. The van der Waals surface area contributed by atoms with Gasteiger partial charge in [0.15, 0.2) is 0 Å². The lowest BCUT2D eigenvalue weighted by molar-refractivity contribution is -0.135. The third kappa shape index (κ3) is 7.41. The number of ether oxygens (including phenoxy) is 1. The molecule has 0 atom stereocenters. The molecule has 10 heteroatoms. The van der Waals surface area contributed by atoms with E-state index >= 15 is 0 Å². The largest absolute Gasteiger partial charge is 0.497 e. The molecule has 0 aliphatic heterocycles. The highest BCUT2D eigenvalue weighted by atomic mass is 32.2. The summed E-state index contributed by atoms with van der Waals surface area (Å²) in [5.41, 5.74) is 0.885. The lowest BCUT2D eigenvalue weighted by Gasteiger charge is -2.22. The minimum Gasteiger partial charge on any atom is -0.497 e. The maximum atomic E-state index is 12.8. The van der Waals surface area contributed by atoms with Crippen molar-refractivity contribution >= 4 is 33.2 Å². The van der Waals surface area contributed by atoms with E-state index in [-0.39, 0.29) is 23.9 Å². The molecule has 0 fully saturated rings. The van der Waals surface area contributed by atoms with Crippen molar-refractivity contribution in [1.82, 2.24) is 14.9 Å². The molecule has 1 heterocycles. The Bertz CT molecular complexity index is 1150. The molecule has 0 aliphatic rings. The van der Waals surface area contributed by atoms with E-state index in [9.17, 15) is 18.0 Å². The first-order valence-electron chi connectivity index (χ1n) is 10.1. The molecule has 2 N–H and O–H groups in total. The molecule has 0 saturated carbocycles. The molecule has 0 unspecified atom stereocenters. The van der Waals surface area contributed by atoms with Crippen LogP contribution in [-0.2, 0) is 32.7 Å². The van der Waals surface area contributed by atoms with Gasteiger partial charge in [-0.25, -0.2) is 13.1 Å².